The summed E-state index contributed by atoms with van der Waals surface area (Å²) in [6.07, 6.45) is 0.754. The quantitative estimate of drug-likeness (QED) is 0.605. The summed E-state index contributed by atoms with van der Waals surface area (Å²) in [7, 11) is 0. The molecule has 90 valence electrons. The van der Waals surface area contributed by atoms with Gasteiger partial charge in [-0.2, -0.15) is 0 Å². The lowest BCUT2D eigenvalue weighted by Crippen LogP contribution is -2.30. The summed E-state index contributed by atoms with van der Waals surface area (Å²) in [5.41, 5.74) is 7.65. The van der Waals surface area contributed by atoms with Gasteiger partial charge in [-0.1, -0.05) is 17.3 Å². The van der Waals surface area contributed by atoms with Crippen molar-refractivity contribution >= 4 is 11.6 Å². The number of oxime groups is 1. The fourth-order valence-corrected chi connectivity index (χ4v) is 1.93. The van der Waals surface area contributed by atoms with Gasteiger partial charge in [0.05, 0.1) is 5.71 Å². The zero-order chi connectivity index (χ0) is 12.4. The lowest BCUT2D eigenvalue weighted by molar-refractivity contribution is -0.124. The molecule has 0 fully saturated rings. The Morgan fingerprint density at radius 2 is 2.29 bits per heavy atom. The van der Waals surface area contributed by atoms with Crippen molar-refractivity contribution in [2.75, 3.05) is 0 Å². The number of rotatable bonds is 3. The third-order valence-corrected chi connectivity index (χ3v) is 2.88. The molecule has 0 aliphatic heterocycles. The van der Waals surface area contributed by atoms with Crippen LogP contribution in [0.5, 0.6) is 5.75 Å². The molecule has 1 unspecified atom stereocenters. The average Bonchev–Trinajstić information content (AvgIpc) is 2.72. The van der Waals surface area contributed by atoms with Crippen LogP contribution in [0.25, 0.3) is 0 Å². The van der Waals surface area contributed by atoms with Gasteiger partial charge in [0.1, 0.15) is 5.75 Å². The third kappa shape index (κ3) is 2.08. The molecule has 0 heterocycles. The Bertz CT molecular complexity index is 483. The highest BCUT2D eigenvalue weighted by Crippen LogP contribution is 2.31. The van der Waals surface area contributed by atoms with Crippen LogP contribution in [0.15, 0.2) is 23.4 Å². The second-order valence-corrected chi connectivity index (χ2v) is 3.99. The van der Waals surface area contributed by atoms with Crippen LogP contribution in [0, 0.1) is 0 Å². The van der Waals surface area contributed by atoms with Crippen LogP contribution in [0.4, 0.5) is 0 Å². The molecule has 1 aromatic carbocycles. The van der Waals surface area contributed by atoms with E-state index in [1.165, 1.54) is 0 Å². The highest BCUT2D eigenvalue weighted by molar-refractivity contribution is 6.04. The number of carbonyl (C=O) groups is 1. The van der Waals surface area contributed by atoms with Crippen molar-refractivity contribution < 1.29 is 14.7 Å². The Balaban J connectivity index is 2.32. The normalized spacial score (nSPS) is 17.8. The molecule has 0 saturated carbocycles. The zero-order valence-corrected chi connectivity index (χ0v) is 9.51. The maximum Gasteiger partial charge on any atom is 0.258 e. The molecule has 0 saturated heterocycles. The summed E-state index contributed by atoms with van der Waals surface area (Å²) in [4.78, 5) is 11.0. The molecule has 0 spiro atoms. The number of hydrogen-bond acceptors (Lipinski definition) is 4. The summed E-state index contributed by atoms with van der Waals surface area (Å²) < 4.78 is 5.50. The first-order valence-corrected chi connectivity index (χ1v) is 5.42. The Morgan fingerprint density at radius 1 is 1.53 bits per heavy atom. The molecular weight excluding hydrogens is 220 g/mol. The van der Waals surface area contributed by atoms with Gasteiger partial charge in [0.25, 0.3) is 5.91 Å². The predicted octanol–water partition coefficient (Wildman–Crippen LogP) is 1.06. The van der Waals surface area contributed by atoms with Gasteiger partial charge in [0.15, 0.2) is 6.10 Å². The molecule has 1 aliphatic carbocycles. The van der Waals surface area contributed by atoms with E-state index in [0.29, 0.717) is 17.9 Å². The number of carbonyl (C=O) groups excluding carboxylic acids is 1. The topological polar surface area (TPSA) is 84.9 Å². The van der Waals surface area contributed by atoms with E-state index in [2.05, 4.69) is 5.16 Å². The lowest BCUT2D eigenvalue weighted by Gasteiger charge is -2.14. The molecule has 1 aromatic rings. The van der Waals surface area contributed by atoms with Gasteiger partial charge < -0.3 is 15.7 Å². The monoisotopic (exact) mass is 234 g/mol. The molecule has 1 atom stereocenters. The molecule has 5 nitrogen and oxygen atoms in total. The Labute approximate surface area is 98.9 Å². The molecule has 1 amide bonds. The fourth-order valence-electron chi connectivity index (χ4n) is 1.93. The molecule has 3 N–H and O–H groups in total. The first-order valence-electron chi connectivity index (χ1n) is 5.42. The lowest BCUT2D eigenvalue weighted by atomic mass is 10.1. The predicted molar refractivity (Wildman–Crippen MR) is 62.4 cm³/mol. The van der Waals surface area contributed by atoms with Gasteiger partial charge in [-0.25, -0.2) is 0 Å². The number of primary amides is 1. The maximum atomic E-state index is 11.0. The van der Waals surface area contributed by atoms with E-state index in [1.807, 2.05) is 6.07 Å². The molecule has 1 aliphatic rings. The second-order valence-electron chi connectivity index (χ2n) is 3.99. The van der Waals surface area contributed by atoms with Crippen LogP contribution in [-0.4, -0.2) is 22.9 Å². The van der Waals surface area contributed by atoms with Gasteiger partial charge in [-0.3, -0.25) is 4.79 Å². The summed E-state index contributed by atoms with van der Waals surface area (Å²) in [5.74, 6) is 0.129. The molecular formula is C12H14N2O3. The number of amides is 1. The first-order chi connectivity index (χ1) is 8.13. The second kappa shape index (κ2) is 4.45. The number of ether oxygens (including phenoxy) is 1. The van der Waals surface area contributed by atoms with Crippen LogP contribution in [0.3, 0.4) is 0 Å². The first kappa shape index (κ1) is 11.4. The van der Waals surface area contributed by atoms with Crippen molar-refractivity contribution in [3.8, 4) is 5.75 Å². The Kier molecular flexibility index (Phi) is 2.99. The van der Waals surface area contributed by atoms with Crippen molar-refractivity contribution in [3.63, 3.8) is 0 Å². The van der Waals surface area contributed by atoms with Crippen LogP contribution in [0.1, 0.15) is 24.5 Å². The Hall–Kier alpha value is -2.04. The minimum absolute atomic E-state index is 0.503. The van der Waals surface area contributed by atoms with E-state index in [9.17, 15) is 4.79 Å². The summed E-state index contributed by atoms with van der Waals surface area (Å²) in [6, 6.07) is 5.47. The fraction of sp³-hybridized carbons (Fsp3) is 0.333. The van der Waals surface area contributed by atoms with Crippen molar-refractivity contribution in [2.24, 2.45) is 10.9 Å². The van der Waals surface area contributed by atoms with Crippen LogP contribution >= 0.6 is 0 Å². The highest BCUT2D eigenvalue weighted by atomic mass is 16.5. The van der Waals surface area contributed by atoms with E-state index in [-0.39, 0.29) is 0 Å². The van der Waals surface area contributed by atoms with Crippen molar-refractivity contribution in [1.82, 2.24) is 0 Å². The summed E-state index contributed by atoms with van der Waals surface area (Å²) in [5, 5.41) is 12.1. The van der Waals surface area contributed by atoms with Crippen molar-refractivity contribution in [2.45, 2.75) is 25.9 Å². The largest absolute Gasteiger partial charge is 0.481 e. The van der Waals surface area contributed by atoms with Gasteiger partial charge >= 0.3 is 0 Å². The molecule has 0 radical (unpaired) electrons. The van der Waals surface area contributed by atoms with E-state index < -0.39 is 12.0 Å². The smallest absolute Gasteiger partial charge is 0.258 e. The number of hydrogen-bond donors (Lipinski definition) is 2. The highest BCUT2D eigenvalue weighted by Gasteiger charge is 2.23. The molecule has 5 heteroatoms. The zero-order valence-electron chi connectivity index (χ0n) is 9.51. The van der Waals surface area contributed by atoms with Crippen LogP contribution < -0.4 is 10.5 Å². The maximum absolute atomic E-state index is 11.0. The van der Waals surface area contributed by atoms with Gasteiger partial charge in [-0.05, 0) is 25.8 Å². The minimum Gasteiger partial charge on any atom is -0.481 e. The van der Waals surface area contributed by atoms with Crippen molar-refractivity contribution in [1.29, 1.82) is 0 Å². The Morgan fingerprint density at radius 3 is 2.94 bits per heavy atom. The van der Waals surface area contributed by atoms with E-state index in [1.54, 1.807) is 19.1 Å². The average molecular weight is 234 g/mol. The third-order valence-electron chi connectivity index (χ3n) is 2.88. The van der Waals surface area contributed by atoms with Crippen LogP contribution in [-0.2, 0) is 11.2 Å². The number of benzene rings is 1. The van der Waals surface area contributed by atoms with E-state index in [4.69, 9.17) is 15.7 Å². The van der Waals surface area contributed by atoms with Gasteiger partial charge in [-0.15, -0.1) is 0 Å². The summed E-state index contributed by atoms with van der Waals surface area (Å²) >= 11 is 0. The van der Waals surface area contributed by atoms with E-state index in [0.717, 1.165) is 17.5 Å². The molecule has 17 heavy (non-hydrogen) atoms. The van der Waals surface area contributed by atoms with E-state index >= 15 is 0 Å². The SMILES string of the molecule is CC(Oc1cccc2c1CCC2=NO)C(N)=O. The minimum atomic E-state index is -0.670. The molecule has 0 aromatic heterocycles. The van der Waals surface area contributed by atoms with Crippen molar-refractivity contribution in [3.05, 3.63) is 29.3 Å². The number of nitrogens with two attached hydrogens (primary N) is 1. The van der Waals surface area contributed by atoms with Gasteiger partial charge in [0, 0.05) is 11.1 Å². The molecule has 0 bridgehead atoms. The van der Waals surface area contributed by atoms with Crippen LogP contribution in [0.2, 0.25) is 0 Å². The molecule has 2 rings (SSSR count). The van der Waals surface area contributed by atoms with Gasteiger partial charge in [0.2, 0.25) is 0 Å². The standard InChI is InChI=1S/C12H14N2O3/c1-7(12(13)15)17-11-4-2-3-8-9(11)5-6-10(8)14-16/h2-4,7,16H,5-6H2,1H3,(H2,13,15). The number of fused-ring (bicyclic) bond motifs is 1. The number of nitrogens with zero attached hydrogens (tertiary/aromatic N) is 1. The summed E-state index contributed by atoms with van der Waals surface area (Å²) in [6.45, 7) is 1.61.